The van der Waals surface area contributed by atoms with Crippen LogP contribution < -0.4 is 0 Å². The molecule has 1 N–H and O–H groups in total. The lowest BCUT2D eigenvalue weighted by Gasteiger charge is -2.11. The van der Waals surface area contributed by atoms with Crippen molar-refractivity contribution in [2.45, 2.75) is 23.5 Å². The molecule has 88 valence electrons. The highest BCUT2D eigenvalue weighted by Crippen LogP contribution is 2.19. The van der Waals surface area contributed by atoms with Gasteiger partial charge < -0.3 is 5.11 Å². The van der Waals surface area contributed by atoms with Crippen molar-refractivity contribution in [3.63, 3.8) is 0 Å². The second-order valence-corrected chi connectivity index (χ2v) is 5.37. The van der Waals surface area contributed by atoms with Gasteiger partial charge in [-0.1, -0.05) is 13.0 Å². The SMILES string of the molecule is CCC(C(=O)O)S(=O)(=O)c1cccc(F)c1. The van der Waals surface area contributed by atoms with Crippen LogP contribution in [0.5, 0.6) is 0 Å². The van der Waals surface area contributed by atoms with Gasteiger partial charge in [-0.25, -0.2) is 12.8 Å². The Morgan fingerprint density at radius 2 is 2.12 bits per heavy atom. The van der Waals surface area contributed by atoms with Gasteiger partial charge in [0.2, 0.25) is 0 Å². The Balaban J connectivity index is 3.25. The number of carboxylic acids is 1. The quantitative estimate of drug-likeness (QED) is 0.873. The zero-order valence-electron chi connectivity index (χ0n) is 8.55. The van der Waals surface area contributed by atoms with Gasteiger partial charge in [-0.3, -0.25) is 4.79 Å². The molecule has 16 heavy (non-hydrogen) atoms. The summed E-state index contributed by atoms with van der Waals surface area (Å²) in [5.74, 6) is -2.13. The molecule has 1 atom stereocenters. The summed E-state index contributed by atoms with van der Waals surface area (Å²) < 4.78 is 36.5. The molecule has 0 aromatic heterocycles. The fraction of sp³-hybridized carbons (Fsp3) is 0.300. The van der Waals surface area contributed by atoms with Crippen LogP contribution in [0, 0.1) is 5.82 Å². The van der Waals surface area contributed by atoms with E-state index in [0.29, 0.717) is 0 Å². The molecule has 1 unspecified atom stereocenters. The van der Waals surface area contributed by atoms with E-state index in [-0.39, 0.29) is 11.3 Å². The standard InChI is InChI=1S/C10H11FO4S/c1-2-9(10(12)13)16(14,15)8-5-3-4-7(11)6-8/h3-6,9H,2H2,1H3,(H,12,13). The second-order valence-electron chi connectivity index (χ2n) is 3.24. The highest BCUT2D eigenvalue weighted by Gasteiger charge is 2.32. The lowest BCUT2D eigenvalue weighted by atomic mass is 10.3. The average molecular weight is 246 g/mol. The Labute approximate surface area is 92.6 Å². The number of halogens is 1. The molecule has 0 aliphatic heterocycles. The van der Waals surface area contributed by atoms with E-state index < -0.39 is 26.9 Å². The van der Waals surface area contributed by atoms with E-state index in [9.17, 15) is 17.6 Å². The van der Waals surface area contributed by atoms with E-state index in [4.69, 9.17) is 5.11 Å². The third-order valence-electron chi connectivity index (χ3n) is 2.15. The fourth-order valence-electron chi connectivity index (χ4n) is 1.34. The van der Waals surface area contributed by atoms with Crippen molar-refractivity contribution in [3.8, 4) is 0 Å². The number of sulfone groups is 1. The summed E-state index contributed by atoms with van der Waals surface area (Å²) >= 11 is 0. The maximum Gasteiger partial charge on any atom is 0.322 e. The molecule has 6 heteroatoms. The predicted molar refractivity (Wildman–Crippen MR) is 55.3 cm³/mol. The zero-order chi connectivity index (χ0) is 12.3. The van der Waals surface area contributed by atoms with Crippen molar-refractivity contribution in [2.75, 3.05) is 0 Å². The summed E-state index contributed by atoms with van der Waals surface area (Å²) in [6, 6.07) is 4.34. The van der Waals surface area contributed by atoms with Crippen molar-refractivity contribution in [2.24, 2.45) is 0 Å². The molecule has 0 heterocycles. The predicted octanol–water partition coefficient (Wildman–Crippen LogP) is 1.46. The van der Waals surface area contributed by atoms with E-state index >= 15 is 0 Å². The second kappa shape index (κ2) is 4.61. The van der Waals surface area contributed by atoms with Crippen molar-refractivity contribution in [3.05, 3.63) is 30.1 Å². The maximum atomic E-state index is 12.9. The van der Waals surface area contributed by atoms with E-state index in [2.05, 4.69) is 0 Å². The minimum absolute atomic E-state index is 0.0613. The van der Waals surface area contributed by atoms with Crippen molar-refractivity contribution in [1.29, 1.82) is 0 Å². The molecular formula is C10H11FO4S. The summed E-state index contributed by atoms with van der Waals surface area (Å²) in [7, 11) is -4.01. The van der Waals surface area contributed by atoms with Gasteiger partial charge >= 0.3 is 5.97 Å². The van der Waals surface area contributed by atoms with Crippen molar-refractivity contribution >= 4 is 15.8 Å². The molecule has 0 aliphatic rings. The lowest BCUT2D eigenvalue weighted by Crippen LogP contribution is -2.29. The van der Waals surface area contributed by atoms with Gasteiger partial charge in [0.1, 0.15) is 5.82 Å². The van der Waals surface area contributed by atoms with Crippen LogP contribution in [0.15, 0.2) is 29.2 Å². The smallest absolute Gasteiger partial charge is 0.322 e. The molecule has 0 radical (unpaired) electrons. The lowest BCUT2D eigenvalue weighted by molar-refractivity contribution is -0.136. The van der Waals surface area contributed by atoms with E-state index in [0.717, 1.165) is 12.1 Å². The van der Waals surface area contributed by atoms with Crippen LogP contribution in [0.25, 0.3) is 0 Å². The Kier molecular flexibility index (Phi) is 3.64. The molecule has 1 aromatic rings. The van der Waals surface area contributed by atoms with Gasteiger partial charge in [0.05, 0.1) is 4.90 Å². The van der Waals surface area contributed by atoms with Gasteiger partial charge in [-0.05, 0) is 24.6 Å². The summed E-state index contributed by atoms with van der Waals surface area (Å²) in [5.41, 5.74) is 0. The van der Waals surface area contributed by atoms with Crippen molar-refractivity contribution < 1.29 is 22.7 Å². The van der Waals surface area contributed by atoms with Crippen LogP contribution in [-0.4, -0.2) is 24.7 Å². The first-order chi connectivity index (χ1) is 7.39. The van der Waals surface area contributed by atoms with Gasteiger partial charge in [0.15, 0.2) is 15.1 Å². The van der Waals surface area contributed by atoms with E-state index in [1.807, 2.05) is 0 Å². The number of carbonyl (C=O) groups is 1. The summed E-state index contributed by atoms with van der Waals surface area (Å²) in [4.78, 5) is 10.5. The number of rotatable bonds is 4. The van der Waals surface area contributed by atoms with Gasteiger partial charge in [0.25, 0.3) is 0 Å². The normalized spacial score (nSPS) is 13.4. The molecule has 0 fully saturated rings. The molecule has 0 saturated carbocycles. The Hall–Kier alpha value is -1.43. The van der Waals surface area contributed by atoms with Crippen LogP contribution in [-0.2, 0) is 14.6 Å². The van der Waals surface area contributed by atoms with Gasteiger partial charge in [-0.15, -0.1) is 0 Å². The molecule has 0 aliphatic carbocycles. The molecule has 1 rings (SSSR count). The minimum atomic E-state index is -4.01. The zero-order valence-corrected chi connectivity index (χ0v) is 9.37. The van der Waals surface area contributed by atoms with Crippen molar-refractivity contribution in [1.82, 2.24) is 0 Å². The average Bonchev–Trinajstić information content (AvgIpc) is 2.17. The van der Waals surface area contributed by atoms with Crippen LogP contribution >= 0.6 is 0 Å². The summed E-state index contributed by atoms with van der Waals surface area (Å²) in [6.07, 6.45) is -0.0613. The van der Waals surface area contributed by atoms with E-state index in [1.54, 1.807) is 0 Å². The number of hydrogen-bond donors (Lipinski definition) is 1. The largest absolute Gasteiger partial charge is 0.480 e. The molecule has 0 spiro atoms. The third-order valence-corrected chi connectivity index (χ3v) is 4.34. The van der Waals surface area contributed by atoms with Crippen LogP contribution in [0.2, 0.25) is 0 Å². The third kappa shape index (κ3) is 2.38. The topological polar surface area (TPSA) is 71.4 Å². The highest BCUT2D eigenvalue weighted by molar-refractivity contribution is 7.92. The first kappa shape index (κ1) is 12.6. The first-order valence-electron chi connectivity index (χ1n) is 4.62. The fourth-order valence-corrected chi connectivity index (χ4v) is 2.91. The van der Waals surface area contributed by atoms with Crippen LogP contribution in [0.4, 0.5) is 4.39 Å². The Morgan fingerprint density at radius 3 is 2.56 bits per heavy atom. The van der Waals surface area contributed by atoms with Gasteiger partial charge in [-0.2, -0.15) is 0 Å². The van der Waals surface area contributed by atoms with Crippen LogP contribution in [0.3, 0.4) is 0 Å². The molecule has 1 aromatic carbocycles. The first-order valence-corrected chi connectivity index (χ1v) is 6.16. The van der Waals surface area contributed by atoms with E-state index in [1.165, 1.54) is 19.1 Å². The molecular weight excluding hydrogens is 235 g/mol. The maximum absolute atomic E-state index is 12.9. The van der Waals surface area contributed by atoms with Gasteiger partial charge in [0, 0.05) is 0 Å². The minimum Gasteiger partial charge on any atom is -0.480 e. The number of aliphatic carboxylic acids is 1. The monoisotopic (exact) mass is 246 g/mol. The number of benzene rings is 1. The molecule has 4 nitrogen and oxygen atoms in total. The molecule has 0 amide bonds. The number of carboxylic acid groups (broad SMARTS) is 1. The molecule has 0 saturated heterocycles. The summed E-state index contributed by atoms with van der Waals surface area (Å²) in [5, 5.41) is 7.23. The van der Waals surface area contributed by atoms with Crippen LogP contribution in [0.1, 0.15) is 13.3 Å². The molecule has 0 bridgehead atoms. The Bertz CT molecular complexity index is 495. The highest BCUT2D eigenvalue weighted by atomic mass is 32.2. The summed E-state index contributed by atoms with van der Waals surface area (Å²) in [6.45, 7) is 1.45. The Morgan fingerprint density at radius 1 is 1.50 bits per heavy atom. The number of hydrogen-bond acceptors (Lipinski definition) is 3.